The van der Waals surface area contributed by atoms with Gasteiger partial charge in [0.05, 0.1) is 6.04 Å². The van der Waals surface area contributed by atoms with E-state index >= 15 is 0 Å². The van der Waals surface area contributed by atoms with E-state index in [4.69, 9.17) is 0 Å². The highest BCUT2D eigenvalue weighted by Gasteiger charge is 2.31. The van der Waals surface area contributed by atoms with Crippen molar-refractivity contribution in [2.24, 2.45) is 7.05 Å². The third-order valence-corrected chi connectivity index (χ3v) is 4.39. The van der Waals surface area contributed by atoms with E-state index in [1.54, 1.807) is 19.0 Å². The minimum Gasteiger partial charge on any atom is -0.353 e. The summed E-state index contributed by atoms with van der Waals surface area (Å²) in [6, 6.07) is 3.85. The molecule has 0 aliphatic carbocycles. The maximum Gasteiger partial charge on any atom is 0.324 e. The molecule has 1 aliphatic heterocycles. The molecule has 1 N–H and O–H groups in total. The van der Waals surface area contributed by atoms with Crippen LogP contribution in [0.15, 0.2) is 24.7 Å². The van der Waals surface area contributed by atoms with Gasteiger partial charge in [0.25, 0.3) is 0 Å². The van der Waals surface area contributed by atoms with Crippen molar-refractivity contribution < 1.29 is 9.59 Å². The summed E-state index contributed by atoms with van der Waals surface area (Å²) in [4.78, 5) is 31.7. The summed E-state index contributed by atoms with van der Waals surface area (Å²) in [6.07, 6.45) is 5.32. The van der Waals surface area contributed by atoms with Gasteiger partial charge in [-0.1, -0.05) is 0 Å². The number of aromatic nitrogens is 4. The molecule has 25 heavy (non-hydrogen) atoms. The molecule has 3 rings (SSSR count). The predicted molar refractivity (Wildman–Crippen MR) is 91.8 cm³/mol. The number of likely N-dealkylation sites (N-methyl/N-ethyl adjacent to an activating group) is 1. The fraction of sp³-hybridized carbons (Fsp3) is 0.500. The molecule has 1 aliphatic rings. The number of anilines is 1. The maximum absolute atomic E-state index is 12.6. The average Bonchev–Trinajstić information content (AvgIpc) is 3.27. The Morgan fingerprint density at radius 3 is 2.88 bits per heavy atom. The zero-order valence-electron chi connectivity index (χ0n) is 14.7. The molecule has 9 heteroatoms. The van der Waals surface area contributed by atoms with Gasteiger partial charge in [-0.05, 0) is 25.0 Å². The van der Waals surface area contributed by atoms with Gasteiger partial charge in [-0.25, -0.2) is 14.5 Å². The van der Waals surface area contributed by atoms with Gasteiger partial charge >= 0.3 is 6.03 Å². The van der Waals surface area contributed by atoms with E-state index in [1.807, 2.05) is 29.9 Å². The SMILES string of the molecule is CN(C)C(=O)Cn1cnc(NC(=O)N2CCC[C@@H]2c2cccn2C)n1. The van der Waals surface area contributed by atoms with Gasteiger partial charge in [-0.2, -0.15) is 0 Å². The molecule has 0 unspecified atom stereocenters. The summed E-state index contributed by atoms with van der Waals surface area (Å²) in [6.45, 7) is 0.785. The van der Waals surface area contributed by atoms with Crippen molar-refractivity contribution in [3.63, 3.8) is 0 Å². The molecule has 1 atom stereocenters. The summed E-state index contributed by atoms with van der Waals surface area (Å²) in [7, 11) is 5.34. The lowest BCUT2D eigenvalue weighted by molar-refractivity contribution is -0.129. The molecule has 0 radical (unpaired) electrons. The lowest BCUT2D eigenvalue weighted by atomic mass is 10.1. The highest BCUT2D eigenvalue weighted by Crippen LogP contribution is 2.32. The van der Waals surface area contributed by atoms with Crippen LogP contribution in [0, 0.1) is 0 Å². The molecule has 1 fully saturated rings. The summed E-state index contributed by atoms with van der Waals surface area (Å²) in [5, 5.41) is 6.87. The second kappa shape index (κ2) is 6.96. The lowest BCUT2D eigenvalue weighted by Gasteiger charge is -2.24. The zero-order chi connectivity index (χ0) is 18.0. The third kappa shape index (κ3) is 3.65. The molecule has 3 heterocycles. The Balaban J connectivity index is 1.65. The van der Waals surface area contributed by atoms with E-state index in [1.165, 1.54) is 15.9 Å². The first-order valence-corrected chi connectivity index (χ1v) is 8.24. The normalized spacial score (nSPS) is 16.9. The number of amides is 3. The molecule has 9 nitrogen and oxygen atoms in total. The number of aryl methyl sites for hydroxylation is 1. The van der Waals surface area contributed by atoms with Crippen LogP contribution in [0.4, 0.5) is 10.7 Å². The summed E-state index contributed by atoms with van der Waals surface area (Å²) >= 11 is 0. The summed E-state index contributed by atoms with van der Waals surface area (Å²) in [5.41, 5.74) is 1.11. The van der Waals surface area contributed by atoms with E-state index in [2.05, 4.69) is 15.4 Å². The molecule has 134 valence electrons. The van der Waals surface area contributed by atoms with Gasteiger partial charge in [-0.15, -0.1) is 5.10 Å². The highest BCUT2D eigenvalue weighted by atomic mass is 16.2. The average molecular weight is 345 g/mol. The molecule has 0 bridgehead atoms. The molecule has 0 saturated carbocycles. The molecule has 2 aromatic rings. The third-order valence-electron chi connectivity index (χ3n) is 4.39. The molecule has 2 aromatic heterocycles. The fourth-order valence-electron chi connectivity index (χ4n) is 3.01. The first-order chi connectivity index (χ1) is 12.0. The minimum absolute atomic E-state index is 0.0532. The Hall–Kier alpha value is -2.84. The van der Waals surface area contributed by atoms with Crippen molar-refractivity contribution in [3.05, 3.63) is 30.4 Å². The Morgan fingerprint density at radius 2 is 2.20 bits per heavy atom. The van der Waals surface area contributed by atoms with Crippen LogP contribution in [0.2, 0.25) is 0 Å². The van der Waals surface area contributed by atoms with E-state index in [0.29, 0.717) is 6.54 Å². The number of rotatable bonds is 4. The topological polar surface area (TPSA) is 88.3 Å². The van der Waals surface area contributed by atoms with Crippen LogP contribution in [0.3, 0.4) is 0 Å². The van der Waals surface area contributed by atoms with Gasteiger partial charge < -0.3 is 14.4 Å². The number of urea groups is 1. The van der Waals surface area contributed by atoms with Gasteiger partial charge in [-0.3, -0.25) is 10.1 Å². The standard InChI is InChI=1S/C16H23N7O2/c1-20(2)14(24)10-22-11-17-15(19-22)18-16(25)23-9-5-7-13(23)12-6-4-8-21(12)3/h4,6,8,11,13H,5,7,9-10H2,1-3H3,(H,18,19,25)/t13-/m1/s1. The quantitative estimate of drug-likeness (QED) is 0.898. The van der Waals surface area contributed by atoms with Crippen molar-refractivity contribution in [2.45, 2.75) is 25.4 Å². The first-order valence-electron chi connectivity index (χ1n) is 8.24. The molecule has 0 spiro atoms. The number of nitrogens with zero attached hydrogens (tertiary/aromatic N) is 6. The van der Waals surface area contributed by atoms with Gasteiger partial charge in [0.2, 0.25) is 11.9 Å². The molecular weight excluding hydrogens is 322 g/mol. The second-order valence-electron chi connectivity index (χ2n) is 6.38. The maximum atomic E-state index is 12.6. The number of hydrogen-bond acceptors (Lipinski definition) is 4. The van der Waals surface area contributed by atoms with Crippen LogP contribution in [0.25, 0.3) is 0 Å². The van der Waals surface area contributed by atoms with Crippen molar-refractivity contribution >= 4 is 17.9 Å². The Morgan fingerprint density at radius 1 is 1.40 bits per heavy atom. The van der Waals surface area contributed by atoms with Crippen LogP contribution in [-0.2, 0) is 18.4 Å². The first kappa shape index (κ1) is 17.0. The van der Waals surface area contributed by atoms with Crippen LogP contribution in [0.1, 0.15) is 24.6 Å². The summed E-state index contributed by atoms with van der Waals surface area (Å²) in [5.74, 6) is 0.111. The number of nitrogens with one attached hydrogen (secondary N) is 1. The van der Waals surface area contributed by atoms with E-state index in [0.717, 1.165) is 18.5 Å². The van der Waals surface area contributed by atoms with Gasteiger partial charge in [0.1, 0.15) is 12.9 Å². The van der Waals surface area contributed by atoms with Gasteiger partial charge in [0.15, 0.2) is 0 Å². The van der Waals surface area contributed by atoms with Crippen LogP contribution in [-0.4, -0.2) is 61.7 Å². The number of likely N-dealkylation sites (tertiary alicyclic amines) is 1. The molecular formula is C16H23N7O2. The Labute approximate surface area is 146 Å². The van der Waals surface area contributed by atoms with E-state index < -0.39 is 0 Å². The number of carbonyl (C=O) groups is 2. The summed E-state index contributed by atoms with van der Waals surface area (Å²) < 4.78 is 3.45. The molecule has 3 amide bonds. The largest absolute Gasteiger partial charge is 0.353 e. The van der Waals surface area contributed by atoms with Crippen molar-refractivity contribution in [1.29, 1.82) is 0 Å². The fourth-order valence-corrected chi connectivity index (χ4v) is 3.01. The second-order valence-corrected chi connectivity index (χ2v) is 6.38. The van der Waals surface area contributed by atoms with E-state index in [9.17, 15) is 9.59 Å². The number of carbonyl (C=O) groups excluding carboxylic acids is 2. The highest BCUT2D eigenvalue weighted by molar-refractivity contribution is 5.88. The van der Waals surface area contributed by atoms with Gasteiger partial charge in [0, 0.05) is 39.6 Å². The van der Waals surface area contributed by atoms with Crippen molar-refractivity contribution in [3.8, 4) is 0 Å². The van der Waals surface area contributed by atoms with Crippen LogP contribution in [0.5, 0.6) is 0 Å². The zero-order valence-corrected chi connectivity index (χ0v) is 14.7. The number of hydrogen-bond donors (Lipinski definition) is 1. The van der Waals surface area contributed by atoms with Crippen LogP contribution < -0.4 is 5.32 Å². The Bertz CT molecular complexity index is 764. The lowest BCUT2D eigenvalue weighted by Crippen LogP contribution is -2.35. The minimum atomic E-state index is -0.222. The monoisotopic (exact) mass is 345 g/mol. The van der Waals surface area contributed by atoms with Crippen molar-refractivity contribution in [1.82, 2.24) is 29.1 Å². The Kier molecular flexibility index (Phi) is 4.73. The van der Waals surface area contributed by atoms with Crippen LogP contribution >= 0.6 is 0 Å². The van der Waals surface area contributed by atoms with Crippen molar-refractivity contribution in [2.75, 3.05) is 26.0 Å². The predicted octanol–water partition coefficient (Wildman–Crippen LogP) is 1.07. The smallest absolute Gasteiger partial charge is 0.324 e. The molecule has 0 aromatic carbocycles. The van der Waals surface area contributed by atoms with E-state index in [-0.39, 0.29) is 30.5 Å². The molecule has 1 saturated heterocycles.